The molecular weight excluding hydrogens is 461 g/mol. The first-order valence-corrected chi connectivity index (χ1v) is 9.25. The lowest BCUT2D eigenvalue weighted by Crippen LogP contribution is -2.53. The van der Waals surface area contributed by atoms with Crippen LogP contribution in [0.5, 0.6) is 0 Å². The summed E-state index contributed by atoms with van der Waals surface area (Å²) in [5, 5.41) is 3.30. The van der Waals surface area contributed by atoms with Gasteiger partial charge in [0.2, 0.25) is 5.89 Å². The number of hydrogen-bond acceptors (Lipinski definition) is 5. The van der Waals surface area contributed by atoms with Gasteiger partial charge in [-0.1, -0.05) is 20.8 Å². The highest BCUT2D eigenvalue weighted by atomic mass is 127. The second-order valence-corrected chi connectivity index (χ2v) is 7.21. The summed E-state index contributed by atoms with van der Waals surface area (Å²) in [6.07, 6.45) is 1.53. The zero-order valence-corrected chi connectivity index (χ0v) is 19.3. The Hall–Kier alpha value is -1.52. The van der Waals surface area contributed by atoms with Crippen molar-refractivity contribution in [2.75, 3.05) is 39.3 Å². The van der Waals surface area contributed by atoms with E-state index in [1.165, 1.54) is 0 Å². The Bertz CT molecular complexity index is 619. The molecule has 1 amide bonds. The van der Waals surface area contributed by atoms with Crippen molar-refractivity contribution in [2.45, 2.75) is 46.6 Å². The Balaban J connectivity index is 0.00000364. The number of carbonyl (C=O) groups is 1. The van der Waals surface area contributed by atoms with Gasteiger partial charge in [-0.05, 0) is 13.8 Å². The van der Waals surface area contributed by atoms with Crippen LogP contribution in [0.25, 0.3) is 0 Å². The standard InChI is InChI=1S/C18H31N5O3.HI/c1-6-19-16(21-13-15-20-12-14(26-15)18(3,4)5)22-8-10-23(11-9-22)17(24)25-7-2;/h12H,6-11,13H2,1-5H3,(H,19,21);1H. The first-order valence-electron chi connectivity index (χ1n) is 9.25. The van der Waals surface area contributed by atoms with Crippen LogP contribution in [0, 0.1) is 0 Å². The second kappa shape index (κ2) is 10.7. The predicted octanol–water partition coefficient (Wildman–Crippen LogP) is 2.83. The van der Waals surface area contributed by atoms with Gasteiger partial charge in [0, 0.05) is 38.1 Å². The average molecular weight is 493 g/mol. The summed E-state index contributed by atoms with van der Waals surface area (Å²) in [7, 11) is 0. The minimum absolute atomic E-state index is 0. The Kier molecular flexibility index (Phi) is 9.34. The lowest BCUT2D eigenvalue weighted by Gasteiger charge is -2.35. The molecule has 9 heteroatoms. The smallest absolute Gasteiger partial charge is 0.409 e. The molecule has 0 saturated carbocycles. The number of carbonyl (C=O) groups excluding carboxylic acids is 1. The van der Waals surface area contributed by atoms with Crippen molar-refractivity contribution in [3.05, 3.63) is 17.8 Å². The van der Waals surface area contributed by atoms with Crippen molar-refractivity contribution in [1.82, 2.24) is 20.1 Å². The third-order valence-electron chi connectivity index (χ3n) is 4.10. The molecule has 1 aliphatic heterocycles. The predicted molar refractivity (Wildman–Crippen MR) is 116 cm³/mol. The molecule has 1 fully saturated rings. The minimum atomic E-state index is -0.247. The molecule has 8 nitrogen and oxygen atoms in total. The first-order chi connectivity index (χ1) is 12.3. The maximum absolute atomic E-state index is 11.8. The number of piperazine rings is 1. The maximum Gasteiger partial charge on any atom is 0.409 e. The van der Waals surface area contributed by atoms with Crippen LogP contribution in [0.3, 0.4) is 0 Å². The first kappa shape index (κ1) is 23.5. The van der Waals surface area contributed by atoms with Crippen molar-refractivity contribution in [2.24, 2.45) is 4.99 Å². The van der Waals surface area contributed by atoms with Gasteiger partial charge in [-0.15, -0.1) is 24.0 Å². The van der Waals surface area contributed by atoms with E-state index in [1.54, 1.807) is 11.1 Å². The molecule has 0 atom stereocenters. The van der Waals surface area contributed by atoms with Crippen molar-refractivity contribution >= 4 is 36.0 Å². The molecule has 154 valence electrons. The van der Waals surface area contributed by atoms with E-state index in [1.807, 2.05) is 13.8 Å². The summed E-state index contributed by atoms with van der Waals surface area (Å²) in [5.41, 5.74) is -0.0666. The number of aromatic nitrogens is 1. The summed E-state index contributed by atoms with van der Waals surface area (Å²) in [4.78, 5) is 24.7. The summed E-state index contributed by atoms with van der Waals surface area (Å²) in [5.74, 6) is 2.28. The van der Waals surface area contributed by atoms with Crippen LogP contribution in [0.1, 0.15) is 46.3 Å². The normalized spacial score (nSPS) is 15.4. The summed E-state index contributed by atoms with van der Waals surface area (Å²) >= 11 is 0. The molecule has 2 rings (SSSR count). The zero-order valence-electron chi connectivity index (χ0n) is 16.9. The van der Waals surface area contributed by atoms with Gasteiger partial charge in [0.25, 0.3) is 0 Å². The molecule has 1 N–H and O–H groups in total. The van der Waals surface area contributed by atoms with Crippen molar-refractivity contribution in [3.63, 3.8) is 0 Å². The van der Waals surface area contributed by atoms with Crippen LogP contribution >= 0.6 is 24.0 Å². The fraction of sp³-hybridized carbons (Fsp3) is 0.722. The molecule has 1 aromatic rings. The highest BCUT2D eigenvalue weighted by molar-refractivity contribution is 14.0. The van der Waals surface area contributed by atoms with E-state index in [2.05, 4.69) is 41.0 Å². The topological polar surface area (TPSA) is 83.2 Å². The zero-order chi connectivity index (χ0) is 19.2. The minimum Gasteiger partial charge on any atom is -0.450 e. The van der Waals surface area contributed by atoms with E-state index in [0.717, 1.165) is 18.3 Å². The van der Waals surface area contributed by atoms with Gasteiger partial charge in [0.15, 0.2) is 5.96 Å². The van der Waals surface area contributed by atoms with Crippen LogP contribution in [0.15, 0.2) is 15.6 Å². The average Bonchev–Trinajstić information content (AvgIpc) is 3.08. The van der Waals surface area contributed by atoms with Gasteiger partial charge in [0.05, 0.1) is 12.8 Å². The number of oxazole rings is 1. The van der Waals surface area contributed by atoms with E-state index in [0.29, 0.717) is 45.2 Å². The third-order valence-corrected chi connectivity index (χ3v) is 4.10. The van der Waals surface area contributed by atoms with Crippen LogP contribution in [-0.4, -0.2) is 66.2 Å². The molecule has 0 radical (unpaired) electrons. The van der Waals surface area contributed by atoms with Gasteiger partial charge in [-0.3, -0.25) is 0 Å². The molecule has 2 heterocycles. The van der Waals surface area contributed by atoms with Crippen LogP contribution < -0.4 is 5.32 Å². The van der Waals surface area contributed by atoms with Crippen LogP contribution in [-0.2, 0) is 16.7 Å². The van der Waals surface area contributed by atoms with Crippen molar-refractivity contribution in [1.29, 1.82) is 0 Å². The van der Waals surface area contributed by atoms with Gasteiger partial charge in [-0.25, -0.2) is 14.8 Å². The fourth-order valence-corrected chi connectivity index (χ4v) is 2.61. The van der Waals surface area contributed by atoms with Crippen LogP contribution in [0.4, 0.5) is 4.79 Å². The van der Waals surface area contributed by atoms with Gasteiger partial charge in [0.1, 0.15) is 12.3 Å². The Morgan fingerprint density at radius 2 is 1.89 bits per heavy atom. The molecule has 0 spiro atoms. The molecule has 27 heavy (non-hydrogen) atoms. The quantitative estimate of drug-likeness (QED) is 0.395. The second-order valence-electron chi connectivity index (χ2n) is 7.21. The van der Waals surface area contributed by atoms with Gasteiger partial charge >= 0.3 is 6.09 Å². The number of ether oxygens (including phenoxy) is 1. The molecule has 1 saturated heterocycles. The highest BCUT2D eigenvalue weighted by Gasteiger charge is 2.24. The van der Waals surface area contributed by atoms with Gasteiger partial charge in [-0.2, -0.15) is 0 Å². The molecule has 0 aromatic carbocycles. The van der Waals surface area contributed by atoms with E-state index in [-0.39, 0.29) is 35.5 Å². The molecule has 0 aliphatic carbocycles. The summed E-state index contributed by atoms with van der Waals surface area (Å²) in [6.45, 7) is 14.3. The third kappa shape index (κ3) is 6.86. The van der Waals surface area contributed by atoms with Crippen molar-refractivity contribution in [3.8, 4) is 0 Å². The number of guanidine groups is 1. The number of halogens is 1. The number of hydrogen-bond donors (Lipinski definition) is 1. The van der Waals surface area contributed by atoms with Gasteiger partial charge < -0.3 is 24.3 Å². The lowest BCUT2D eigenvalue weighted by molar-refractivity contribution is 0.0914. The largest absolute Gasteiger partial charge is 0.450 e. The highest BCUT2D eigenvalue weighted by Crippen LogP contribution is 2.22. The molecule has 0 unspecified atom stereocenters. The van der Waals surface area contributed by atoms with E-state index in [4.69, 9.17) is 9.15 Å². The van der Waals surface area contributed by atoms with E-state index >= 15 is 0 Å². The van der Waals surface area contributed by atoms with Crippen molar-refractivity contribution < 1.29 is 13.9 Å². The Morgan fingerprint density at radius 1 is 1.26 bits per heavy atom. The fourth-order valence-electron chi connectivity index (χ4n) is 2.61. The Morgan fingerprint density at radius 3 is 2.41 bits per heavy atom. The molecule has 1 aliphatic rings. The summed E-state index contributed by atoms with van der Waals surface area (Å²) < 4.78 is 10.9. The van der Waals surface area contributed by atoms with E-state index in [9.17, 15) is 4.79 Å². The number of aliphatic imine (C=N–C) groups is 1. The van der Waals surface area contributed by atoms with Crippen LogP contribution in [0.2, 0.25) is 0 Å². The molecule has 0 bridgehead atoms. The SMILES string of the molecule is CCNC(=NCc1ncc(C(C)(C)C)o1)N1CCN(C(=O)OCC)CC1.I. The maximum atomic E-state index is 11.8. The molecule has 1 aromatic heterocycles. The number of rotatable bonds is 4. The number of amides is 1. The summed E-state index contributed by atoms with van der Waals surface area (Å²) in [6, 6.07) is 0. The Labute approximate surface area is 178 Å². The number of nitrogens with zero attached hydrogens (tertiary/aromatic N) is 4. The molecular formula is C18H32IN5O3. The monoisotopic (exact) mass is 493 g/mol. The van der Waals surface area contributed by atoms with E-state index < -0.39 is 0 Å². The number of nitrogens with one attached hydrogen (secondary N) is 1. The lowest BCUT2D eigenvalue weighted by atomic mass is 9.94.